The molecule has 0 bridgehead atoms. The van der Waals surface area contributed by atoms with Gasteiger partial charge in [-0.15, -0.1) is 0 Å². The number of nitrogens with one attached hydrogen (secondary N) is 1. The lowest BCUT2D eigenvalue weighted by Gasteiger charge is -2.30. The predicted molar refractivity (Wildman–Crippen MR) is 125 cm³/mol. The molecule has 0 spiro atoms. The Morgan fingerprint density at radius 1 is 1.00 bits per heavy atom. The molecule has 0 aromatic heterocycles. The van der Waals surface area contributed by atoms with Crippen LogP contribution in [-0.2, 0) is 22.6 Å². The van der Waals surface area contributed by atoms with Gasteiger partial charge < -0.3 is 10.2 Å². The van der Waals surface area contributed by atoms with E-state index in [1.807, 2.05) is 13.8 Å². The van der Waals surface area contributed by atoms with E-state index in [0.29, 0.717) is 31.2 Å². The van der Waals surface area contributed by atoms with Crippen molar-refractivity contribution in [3.8, 4) is 0 Å². The molecule has 162 valence electrons. The molecule has 2 aromatic rings. The van der Waals surface area contributed by atoms with Gasteiger partial charge in [-0.25, -0.2) is 0 Å². The SMILES string of the molecule is CCC(C)NC(=O)C(C)N(Cc1ccc(Cl)cc1Cl)C(=O)Cc1c(Cl)cccc1Cl. The second-order valence-corrected chi connectivity index (χ2v) is 8.79. The van der Waals surface area contributed by atoms with E-state index in [0.717, 1.165) is 6.42 Å². The first-order chi connectivity index (χ1) is 14.1. The molecule has 0 saturated heterocycles. The van der Waals surface area contributed by atoms with E-state index in [2.05, 4.69) is 5.32 Å². The van der Waals surface area contributed by atoms with E-state index in [9.17, 15) is 9.59 Å². The molecule has 0 heterocycles. The maximum Gasteiger partial charge on any atom is 0.242 e. The van der Waals surface area contributed by atoms with Gasteiger partial charge in [0.15, 0.2) is 0 Å². The third-order valence-corrected chi connectivity index (χ3v) is 6.21. The molecule has 0 fully saturated rings. The summed E-state index contributed by atoms with van der Waals surface area (Å²) in [5, 5.41) is 4.64. The van der Waals surface area contributed by atoms with Gasteiger partial charge >= 0.3 is 0 Å². The summed E-state index contributed by atoms with van der Waals surface area (Å²) in [4.78, 5) is 27.5. The van der Waals surface area contributed by atoms with E-state index < -0.39 is 6.04 Å². The lowest BCUT2D eigenvalue weighted by molar-refractivity contribution is -0.140. The molecule has 1 N–H and O–H groups in total. The van der Waals surface area contributed by atoms with Crippen molar-refractivity contribution in [2.24, 2.45) is 0 Å². The average Bonchev–Trinajstić information content (AvgIpc) is 2.69. The number of carbonyl (C=O) groups is 2. The van der Waals surface area contributed by atoms with E-state index in [-0.39, 0.29) is 30.8 Å². The number of hydrogen-bond acceptors (Lipinski definition) is 2. The van der Waals surface area contributed by atoms with Crippen LogP contribution in [0.1, 0.15) is 38.3 Å². The van der Waals surface area contributed by atoms with Crippen molar-refractivity contribution in [3.63, 3.8) is 0 Å². The highest BCUT2D eigenvalue weighted by Crippen LogP contribution is 2.27. The zero-order chi connectivity index (χ0) is 22.4. The number of benzene rings is 2. The summed E-state index contributed by atoms with van der Waals surface area (Å²) >= 11 is 24.8. The first-order valence-electron chi connectivity index (χ1n) is 9.60. The van der Waals surface area contributed by atoms with Crippen LogP contribution in [0.3, 0.4) is 0 Å². The Bertz CT molecular complexity index is 900. The smallest absolute Gasteiger partial charge is 0.242 e. The van der Waals surface area contributed by atoms with Crippen molar-refractivity contribution in [2.45, 2.75) is 52.2 Å². The molecule has 2 amide bonds. The van der Waals surface area contributed by atoms with Gasteiger partial charge in [-0.05, 0) is 55.7 Å². The number of nitrogens with zero attached hydrogens (tertiary/aromatic N) is 1. The van der Waals surface area contributed by atoms with Gasteiger partial charge in [-0.2, -0.15) is 0 Å². The van der Waals surface area contributed by atoms with Gasteiger partial charge in [-0.1, -0.05) is 65.5 Å². The average molecular weight is 490 g/mol. The minimum absolute atomic E-state index is 0.00552. The molecular weight excluding hydrogens is 466 g/mol. The normalized spacial score (nSPS) is 12.9. The summed E-state index contributed by atoms with van der Waals surface area (Å²) in [5.74, 6) is -0.532. The fourth-order valence-electron chi connectivity index (χ4n) is 2.84. The van der Waals surface area contributed by atoms with Crippen LogP contribution in [0.2, 0.25) is 20.1 Å². The highest BCUT2D eigenvalue weighted by molar-refractivity contribution is 6.36. The van der Waals surface area contributed by atoms with Crippen LogP contribution in [0.15, 0.2) is 36.4 Å². The van der Waals surface area contributed by atoms with E-state index in [4.69, 9.17) is 46.4 Å². The summed E-state index contributed by atoms with van der Waals surface area (Å²) in [6.07, 6.45) is 0.745. The van der Waals surface area contributed by atoms with E-state index >= 15 is 0 Å². The molecule has 4 nitrogen and oxygen atoms in total. The third kappa shape index (κ3) is 6.52. The van der Waals surface area contributed by atoms with E-state index in [1.165, 1.54) is 4.90 Å². The van der Waals surface area contributed by atoms with Gasteiger partial charge in [0, 0.05) is 32.7 Å². The fourth-order valence-corrected chi connectivity index (χ4v) is 3.83. The first-order valence-corrected chi connectivity index (χ1v) is 11.1. The second-order valence-electron chi connectivity index (χ2n) is 7.13. The Morgan fingerprint density at radius 3 is 2.20 bits per heavy atom. The van der Waals surface area contributed by atoms with Crippen LogP contribution in [0.4, 0.5) is 0 Å². The fraction of sp³-hybridized carbons (Fsp3) is 0.364. The minimum Gasteiger partial charge on any atom is -0.352 e. The van der Waals surface area contributed by atoms with Gasteiger partial charge in [0.05, 0.1) is 6.42 Å². The van der Waals surface area contributed by atoms with Crippen molar-refractivity contribution >= 4 is 58.2 Å². The maximum atomic E-state index is 13.3. The molecule has 0 radical (unpaired) electrons. The Balaban J connectivity index is 2.34. The number of rotatable bonds is 8. The van der Waals surface area contributed by atoms with Crippen LogP contribution < -0.4 is 5.32 Å². The number of carbonyl (C=O) groups excluding carboxylic acids is 2. The minimum atomic E-state index is -0.723. The molecule has 30 heavy (non-hydrogen) atoms. The predicted octanol–water partition coefficient (Wildman–Crippen LogP) is 6.17. The lowest BCUT2D eigenvalue weighted by Crippen LogP contribution is -2.50. The van der Waals surface area contributed by atoms with Crippen LogP contribution >= 0.6 is 46.4 Å². The molecular formula is C22H24Cl4N2O2. The summed E-state index contributed by atoms with van der Waals surface area (Å²) in [6.45, 7) is 5.72. The Labute approximate surface area is 197 Å². The van der Waals surface area contributed by atoms with Gasteiger partial charge in [0.2, 0.25) is 11.8 Å². The summed E-state index contributed by atoms with van der Waals surface area (Å²) in [6, 6.07) is 9.38. The Morgan fingerprint density at radius 2 is 1.63 bits per heavy atom. The molecule has 0 aliphatic carbocycles. The Kier molecular flexibility index (Phi) is 9.30. The molecule has 0 aliphatic heterocycles. The monoisotopic (exact) mass is 488 g/mol. The zero-order valence-corrected chi connectivity index (χ0v) is 20.0. The zero-order valence-electron chi connectivity index (χ0n) is 17.0. The van der Waals surface area contributed by atoms with Crippen molar-refractivity contribution in [3.05, 3.63) is 67.6 Å². The van der Waals surface area contributed by atoms with Crippen LogP contribution in [0.25, 0.3) is 0 Å². The van der Waals surface area contributed by atoms with Crippen molar-refractivity contribution in [1.29, 1.82) is 0 Å². The lowest BCUT2D eigenvalue weighted by atomic mass is 10.1. The van der Waals surface area contributed by atoms with Crippen LogP contribution in [-0.4, -0.2) is 28.8 Å². The molecule has 8 heteroatoms. The molecule has 0 aliphatic rings. The summed E-state index contributed by atoms with van der Waals surface area (Å²) in [5.41, 5.74) is 1.20. The topological polar surface area (TPSA) is 49.4 Å². The largest absolute Gasteiger partial charge is 0.352 e. The molecule has 0 saturated carbocycles. The van der Waals surface area contributed by atoms with Gasteiger partial charge in [0.25, 0.3) is 0 Å². The summed E-state index contributed by atoms with van der Waals surface area (Å²) in [7, 11) is 0. The number of halogens is 4. The standard InChI is InChI=1S/C22H24Cl4N2O2/c1-4-13(2)27-22(30)14(3)28(12-15-8-9-16(23)10-20(15)26)21(29)11-17-18(24)6-5-7-19(17)25/h5-10,13-14H,4,11-12H2,1-3H3,(H,27,30). The molecule has 2 aromatic carbocycles. The molecule has 2 unspecified atom stereocenters. The molecule has 2 rings (SSSR count). The first kappa shape index (κ1) is 24.8. The van der Waals surface area contributed by atoms with Crippen molar-refractivity contribution < 1.29 is 9.59 Å². The number of amides is 2. The Hall–Kier alpha value is -1.46. The number of hydrogen-bond donors (Lipinski definition) is 1. The van der Waals surface area contributed by atoms with Gasteiger partial charge in [0.1, 0.15) is 6.04 Å². The maximum absolute atomic E-state index is 13.3. The third-order valence-electron chi connectivity index (χ3n) is 4.91. The van der Waals surface area contributed by atoms with Crippen molar-refractivity contribution in [2.75, 3.05) is 0 Å². The molecule has 2 atom stereocenters. The van der Waals surface area contributed by atoms with E-state index in [1.54, 1.807) is 43.3 Å². The van der Waals surface area contributed by atoms with Crippen molar-refractivity contribution in [1.82, 2.24) is 10.2 Å². The van der Waals surface area contributed by atoms with Crippen LogP contribution in [0.5, 0.6) is 0 Å². The highest BCUT2D eigenvalue weighted by Gasteiger charge is 2.28. The van der Waals surface area contributed by atoms with Crippen LogP contribution in [0, 0.1) is 0 Å². The summed E-state index contributed by atoms with van der Waals surface area (Å²) < 4.78 is 0. The van der Waals surface area contributed by atoms with Gasteiger partial charge in [-0.3, -0.25) is 9.59 Å². The second kappa shape index (κ2) is 11.2. The quantitative estimate of drug-likeness (QED) is 0.481. The highest BCUT2D eigenvalue weighted by atomic mass is 35.5.